The first kappa shape index (κ1) is 13.8. The summed E-state index contributed by atoms with van der Waals surface area (Å²) in [5.74, 6) is -6.26. The fourth-order valence-electron chi connectivity index (χ4n) is 3.35. The van der Waals surface area contributed by atoms with Crippen LogP contribution < -0.4 is 0 Å². The van der Waals surface area contributed by atoms with Crippen LogP contribution in [0.3, 0.4) is 0 Å². The molecule has 120 valence electrons. The van der Waals surface area contributed by atoms with Crippen molar-refractivity contribution in [3.8, 4) is 0 Å². The lowest BCUT2D eigenvalue weighted by atomic mass is 10.1. The quantitative estimate of drug-likeness (QED) is 0.270. The molecule has 2 nitrogen and oxygen atoms in total. The molecule has 0 aliphatic heterocycles. The summed E-state index contributed by atoms with van der Waals surface area (Å²) in [6, 6.07) is 9.11. The minimum absolute atomic E-state index is 0.243. The molecule has 2 aromatic carbocycles. The average Bonchev–Trinajstić information content (AvgIpc) is 3.36. The van der Waals surface area contributed by atoms with E-state index >= 15 is 0 Å². The molecule has 6 heteroatoms. The lowest BCUT2D eigenvalue weighted by molar-refractivity contribution is 0.417. The van der Waals surface area contributed by atoms with E-state index in [0.717, 1.165) is 23.9 Å². The monoisotopic (exact) mass is 330 g/mol. The van der Waals surface area contributed by atoms with Crippen LogP contribution in [0.25, 0.3) is 27.2 Å². The molecule has 24 heavy (non-hydrogen) atoms. The maximum atomic E-state index is 14.4. The molecule has 1 aliphatic rings. The summed E-state index contributed by atoms with van der Waals surface area (Å²) in [6.07, 6.45) is 1.91. The summed E-state index contributed by atoms with van der Waals surface area (Å²) in [7, 11) is 0. The number of halogens is 4. The van der Waals surface area contributed by atoms with Gasteiger partial charge in [-0.05, 0) is 24.3 Å². The predicted molar refractivity (Wildman–Crippen MR) is 82.0 cm³/mol. The zero-order valence-electron chi connectivity index (χ0n) is 12.3. The molecule has 0 radical (unpaired) electrons. The molecule has 1 aliphatic carbocycles. The Labute approximate surface area is 133 Å². The van der Waals surface area contributed by atoms with Gasteiger partial charge in [-0.1, -0.05) is 24.3 Å². The molecule has 0 saturated heterocycles. The Hall–Kier alpha value is -2.63. The maximum Gasteiger partial charge on any atom is 0.199 e. The van der Waals surface area contributed by atoms with Crippen LogP contribution >= 0.6 is 0 Å². The summed E-state index contributed by atoms with van der Waals surface area (Å²) >= 11 is 0. The van der Waals surface area contributed by atoms with Gasteiger partial charge in [0.15, 0.2) is 23.3 Å². The highest BCUT2D eigenvalue weighted by atomic mass is 19.2. The molecule has 0 unspecified atom stereocenters. The fourth-order valence-corrected chi connectivity index (χ4v) is 3.35. The van der Waals surface area contributed by atoms with Gasteiger partial charge in [0.2, 0.25) is 0 Å². The summed E-state index contributed by atoms with van der Waals surface area (Å²) in [5.41, 5.74) is 0.601. The van der Waals surface area contributed by atoms with Crippen molar-refractivity contribution < 1.29 is 17.6 Å². The van der Waals surface area contributed by atoms with Gasteiger partial charge in [-0.15, -0.1) is 0 Å². The minimum Gasteiger partial charge on any atom is -0.235 e. The number of hydrogen-bond acceptors (Lipinski definition) is 1. The first-order chi connectivity index (χ1) is 11.6. The second kappa shape index (κ2) is 4.47. The molecule has 5 rings (SSSR count). The minimum atomic E-state index is -1.83. The maximum absolute atomic E-state index is 14.4. The van der Waals surface area contributed by atoms with E-state index in [4.69, 9.17) is 0 Å². The van der Waals surface area contributed by atoms with E-state index in [1.54, 1.807) is 12.1 Å². The number of rotatable bonds is 1. The molecule has 4 aromatic rings. The highest BCUT2D eigenvalue weighted by molar-refractivity contribution is 6.10. The van der Waals surface area contributed by atoms with Crippen molar-refractivity contribution in [1.29, 1.82) is 0 Å². The van der Waals surface area contributed by atoms with Crippen LogP contribution in [-0.2, 0) is 0 Å². The van der Waals surface area contributed by atoms with Gasteiger partial charge in [0, 0.05) is 17.0 Å². The molecule has 1 fully saturated rings. The largest absolute Gasteiger partial charge is 0.235 e. The Morgan fingerprint density at radius 1 is 0.917 bits per heavy atom. The van der Waals surface area contributed by atoms with E-state index < -0.39 is 28.8 Å². The smallest absolute Gasteiger partial charge is 0.199 e. The third-order valence-corrected chi connectivity index (χ3v) is 4.65. The van der Waals surface area contributed by atoms with Crippen molar-refractivity contribution in [2.24, 2.45) is 0 Å². The van der Waals surface area contributed by atoms with Crippen LogP contribution in [-0.4, -0.2) is 9.61 Å². The van der Waals surface area contributed by atoms with Crippen LogP contribution in [0.15, 0.2) is 30.3 Å². The standard InChI is InChI=1S/C18H10F4N2/c19-13-12-17(16(22)15(21)14(13)20)23-24-11(8-5-6-8)7-9-3-1-2-4-10(9)18(12)24/h1-4,7-8H,5-6H2. The lowest BCUT2D eigenvalue weighted by Gasteiger charge is -2.08. The highest BCUT2D eigenvalue weighted by Gasteiger charge is 2.30. The van der Waals surface area contributed by atoms with Crippen LogP contribution in [0.1, 0.15) is 24.5 Å². The Morgan fingerprint density at radius 3 is 2.38 bits per heavy atom. The topological polar surface area (TPSA) is 17.3 Å². The molecule has 0 bridgehead atoms. The van der Waals surface area contributed by atoms with Crippen molar-refractivity contribution >= 4 is 27.2 Å². The number of nitrogens with zero attached hydrogens (tertiary/aromatic N) is 2. The Bertz CT molecular complexity index is 1160. The van der Waals surface area contributed by atoms with Crippen molar-refractivity contribution in [3.63, 3.8) is 0 Å². The molecule has 1 saturated carbocycles. The van der Waals surface area contributed by atoms with Gasteiger partial charge in [-0.3, -0.25) is 0 Å². The molecule has 0 atom stereocenters. The number of aromatic nitrogens is 2. The molecule has 0 spiro atoms. The summed E-state index contributed by atoms with van der Waals surface area (Å²) in [6.45, 7) is 0. The number of hydrogen-bond donors (Lipinski definition) is 0. The first-order valence-corrected chi connectivity index (χ1v) is 7.64. The molecule has 2 aromatic heterocycles. The van der Waals surface area contributed by atoms with Crippen molar-refractivity contribution in [2.45, 2.75) is 18.8 Å². The zero-order chi connectivity index (χ0) is 16.6. The Kier molecular flexibility index (Phi) is 2.56. The Balaban J connectivity index is 2.12. The predicted octanol–water partition coefficient (Wildman–Crippen LogP) is 5.07. The van der Waals surface area contributed by atoms with Gasteiger partial charge in [0.05, 0.1) is 10.9 Å². The zero-order valence-corrected chi connectivity index (χ0v) is 12.3. The summed E-state index contributed by atoms with van der Waals surface area (Å²) < 4.78 is 57.4. The average molecular weight is 330 g/mol. The highest BCUT2D eigenvalue weighted by Crippen LogP contribution is 2.43. The summed E-state index contributed by atoms with van der Waals surface area (Å²) in [5, 5.41) is 5.22. The van der Waals surface area contributed by atoms with E-state index in [-0.39, 0.29) is 16.8 Å². The first-order valence-electron chi connectivity index (χ1n) is 7.64. The number of fused-ring (bicyclic) bond motifs is 5. The summed E-state index contributed by atoms with van der Waals surface area (Å²) in [4.78, 5) is 0. The van der Waals surface area contributed by atoms with E-state index in [2.05, 4.69) is 5.10 Å². The van der Waals surface area contributed by atoms with Gasteiger partial charge >= 0.3 is 0 Å². The van der Waals surface area contributed by atoms with Gasteiger partial charge in [-0.2, -0.15) is 5.10 Å². The van der Waals surface area contributed by atoms with E-state index in [9.17, 15) is 17.6 Å². The van der Waals surface area contributed by atoms with Crippen molar-refractivity contribution in [1.82, 2.24) is 9.61 Å². The SMILES string of the molecule is Fc1c(F)c(F)c2c(nn3c(C4CC4)cc4ccccc4c23)c1F. The molecular formula is C18H10F4N2. The van der Waals surface area contributed by atoms with E-state index in [0.29, 0.717) is 5.39 Å². The second-order valence-corrected chi connectivity index (χ2v) is 6.17. The number of benzene rings is 2. The van der Waals surface area contributed by atoms with Gasteiger partial charge in [-0.25, -0.2) is 22.1 Å². The Morgan fingerprint density at radius 2 is 1.62 bits per heavy atom. The number of pyridine rings is 1. The van der Waals surface area contributed by atoms with Crippen LogP contribution in [0.2, 0.25) is 0 Å². The van der Waals surface area contributed by atoms with Crippen LogP contribution in [0.4, 0.5) is 17.6 Å². The van der Waals surface area contributed by atoms with Gasteiger partial charge < -0.3 is 0 Å². The van der Waals surface area contributed by atoms with Crippen molar-refractivity contribution in [3.05, 3.63) is 59.3 Å². The normalized spacial score (nSPS) is 15.0. The third kappa shape index (κ3) is 1.63. The van der Waals surface area contributed by atoms with Crippen LogP contribution in [0, 0.1) is 23.3 Å². The third-order valence-electron chi connectivity index (χ3n) is 4.65. The molecule has 2 heterocycles. The van der Waals surface area contributed by atoms with Crippen molar-refractivity contribution in [2.75, 3.05) is 0 Å². The fraction of sp³-hybridized carbons (Fsp3) is 0.167. The van der Waals surface area contributed by atoms with E-state index in [1.807, 2.05) is 18.2 Å². The van der Waals surface area contributed by atoms with Crippen LogP contribution in [0.5, 0.6) is 0 Å². The van der Waals surface area contributed by atoms with Gasteiger partial charge in [0.1, 0.15) is 5.52 Å². The molecule has 0 N–H and O–H groups in total. The van der Waals surface area contributed by atoms with Gasteiger partial charge in [0.25, 0.3) is 0 Å². The second-order valence-electron chi connectivity index (χ2n) is 6.17. The molecular weight excluding hydrogens is 320 g/mol. The molecule has 0 amide bonds. The van der Waals surface area contributed by atoms with E-state index in [1.165, 1.54) is 4.52 Å². The lowest BCUT2D eigenvalue weighted by Crippen LogP contribution is -1.97.